The fourth-order valence-electron chi connectivity index (χ4n) is 1.58. The lowest BCUT2D eigenvalue weighted by Gasteiger charge is -2.10. The van der Waals surface area contributed by atoms with E-state index in [4.69, 9.17) is 22.7 Å². The summed E-state index contributed by atoms with van der Waals surface area (Å²) in [5.74, 6) is 0.209. The molecule has 2 rings (SSSR count). The number of nitrogens with two attached hydrogens (primary N) is 1. The maximum Gasteiger partial charge on any atom is 0.167 e. The van der Waals surface area contributed by atoms with E-state index < -0.39 is 5.82 Å². The maximum atomic E-state index is 13.6. The highest BCUT2D eigenvalue weighted by Crippen LogP contribution is 2.24. The van der Waals surface area contributed by atoms with E-state index in [2.05, 4.69) is 10.3 Å². The Morgan fingerprint density at radius 2 is 2.21 bits per heavy atom. The summed E-state index contributed by atoms with van der Waals surface area (Å²) in [6.45, 7) is 0. The molecule has 1 heterocycles. The maximum absolute atomic E-state index is 13.6. The van der Waals surface area contributed by atoms with Crippen molar-refractivity contribution in [3.8, 4) is 5.75 Å². The highest BCUT2D eigenvalue weighted by atomic mass is 32.1. The third kappa shape index (κ3) is 2.97. The summed E-state index contributed by atoms with van der Waals surface area (Å²) in [5.41, 5.74) is 6.74. The van der Waals surface area contributed by atoms with E-state index in [0.29, 0.717) is 17.1 Å². The van der Waals surface area contributed by atoms with Crippen molar-refractivity contribution in [1.29, 1.82) is 0 Å². The van der Waals surface area contributed by atoms with Crippen LogP contribution in [0.5, 0.6) is 5.75 Å². The summed E-state index contributed by atoms with van der Waals surface area (Å²) in [7, 11) is 1.41. The molecule has 0 spiro atoms. The molecule has 0 saturated carbocycles. The number of ether oxygens (including phenoxy) is 1. The Labute approximate surface area is 115 Å². The Balaban J connectivity index is 2.31. The van der Waals surface area contributed by atoms with Crippen LogP contribution in [0.1, 0.15) is 5.56 Å². The number of thiocarbonyl (C=S) groups is 1. The second kappa shape index (κ2) is 5.62. The zero-order valence-electron chi connectivity index (χ0n) is 10.2. The molecule has 0 fully saturated rings. The van der Waals surface area contributed by atoms with E-state index in [1.54, 1.807) is 24.4 Å². The zero-order chi connectivity index (χ0) is 13.8. The molecular weight excluding hydrogens is 265 g/mol. The van der Waals surface area contributed by atoms with Crippen molar-refractivity contribution in [3.05, 3.63) is 47.9 Å². The molecule has 4 nitrogen and oxygen atoms in total. The van der Waals surface area contributed by atoms with Crippen LogP contribution in [0.25, 0.3) is 0 Å². The molecule has 0 radical (unpaired) electrons. The zero-order valence-corrected chi connectivity index (χ0v) is 11.0. The Morgan fingerprint density at radius 1 is 1.42 bits per heavy atom. The quantitative estimate of drug-likeness (QED) is 0.841. The van der Waals surface area contributed by atoms with Crippen LogP contribution in [-0.4, -0.2) is 17.1 Å². The van der Waals surface area contributed by atoms with Gasteiger partial charge in [0, 0.05) is 18.0 Å². The number of benzene rings is 1. The normalized spacial score (nSPS) is 10.0. The van der Waals surface area contributed by atoms with Gasteiger partial charge in [-0.3, -0.25) is 0 Å². The molecule has 19 heavy (non-hydrogen) atoms. The highest BCUT2D eigenvalue weighted by molar-refractivity contribution is 7.80. The number of nitrogens with one attached hydrogen (secondary N) is 1. The van der Waals surface area contributed by atoms with Gasteiger partial charge in [-0.2, -0.15) is 0 Å². The minimum Gasteiger partial charge on any atom is -0.494 e. The Morgan fingerprint density at radius 3 is 2.84 bits per heavy atom. The molecule has 0 amide bonds. The Hall–Kier alpha value is -2.21. The van der Waals surface area contributed by atoms with Crippen molar-refractivity contribution in [1.82, 2.24) is 4.98 Å². The van der Waals surface area contributed by atoms with E-state index in [-0.39, 0.29) is 10.7 Å². The number of pyridine rings is 1. The standard InChI is InChI=1S/C13H12FN3OS/c1-18-11-5-4-8(7-10(11)14)17-13-9(12(15)19)3-2-6-16-13/h2-7H,1H3,(H2,15,19)(H,16,17). The molecule has 1 aromatic heterocycles. The van der Waals surface area contributed by atoms with E-state index in [0.717, 1.165) is 0 Å². The lowest BCUT2D eigenvalue weighted by Crippen LogP contribution is -2.12. The van der Waals surface area contributed by atoms with E-state index in [9.17, 15) is 4.39 Å². The largest absolute Gasteiger partial charge is 0.494 e. The van der Waals surface area contributed by atoms with Gasteiger partial charge in [0.1, 0.15) is 10.8 Å². The average Bonchev–Trinajstić information content (AvgIpc) is 2.39. The van der Waals surface area contributed by atoms with Gasteiger partial charge in [-0.1, -0.05) is 12.2 Å². The number of hydrogen-bond acceptors (Lipinski definition) is 4. The van der Waals surface area contributed by atoms with E-state index >= 15 is 0 Å². The molecule has 0 unspecified atom stereocenters. The Kier molecular flexibility index (Phi) is 3.91. The van der Waals surface area contributed by atoms with Crippen molar-refractivity contribution in [2.75, 3.05) is 12.4 Å². The molecule has 0 aliphatic rings. The van der Waals surface area contributed by atoms with Crippen LogP contribution in [0.3, 0.4) is 0 Å². The van der Waals surface area contributed by atoms with Gasteiger partial charge in [0.25, 0.3) is 0 Å². The molecule has 6 heteroatoms. The first-order valence-corrected chi connectivity index (χ1v) is 5.88. The molecule has 0 saturated heterocycles. The van der Waals surface area contributed by atoms with Gasteiger partial charge in [-0.15, -0.1) is 0 Å². The lowest BCUT2D eigenvalue weighted by atomic mass is 10.2. The summed E-state index contributed by atoms with van der Waals surface area (Å²) < 4.78 is 18.4. The molecule has 0 bridgehead atoms. The van der Waals surface area contributed by atoms with Crippen molar-refractivity contribution in [3.63, 3.8) is 0 Å². The number of anilines is 2. The predicted octanol–water partition coefficient (Wildman–Crippen LogP) is 2.61. The smallest absolute Gasteiger partial charge is 0.167 e. The highest BCUT2D eigenvalue weighted by Gasteiger charge is 2.08. The second-order valence-corrected chi connectivity index (χ2v) is 4.18. The molecule has 3 N–H and O–H groups in total. The minimum absolute atomic E-state index is 0.182. The van der Waals surface area contributed by atoms with Crippen LogP contribution in [0.4, 0.5) is 15.9 Å². The number of methoxy groups -OCH3 is 1. The van der Waals surface area contributed by atoms with Crippen LogP contribution in [-0.2, 0) is 0 Å². The summed E-state index contributed by atoms with van der Waals surface area (Å²) in [4.78, 5) is 4.36. The predicted molar refractivity (Wildman–Crippen MR) is 76.4 cm³/mol. The second-order valence-electron chi connectivity index (χ2n) is 3.74. The van der Waals surface area contributed by atoms with Crippen LogP contribution in [0.2, 0.25) is 0 Å². The van der Waals surface area contributed by atoms with Crippen LogP contribution in [0, 0.1) is 5.82 Å². The third-order valence-corrected chi connectivity index (χ3v) is 2.71. The average molecular weight is 277 g/mol. The van der Waals surface area contributed by atoms with Gasteiger partial charge >= 0.3 is 0 Å². The monoisotopic (exact) mass is 277 g/mol. The van der Waals surface area contributed by atoms with Gasteiger partial charge in [0.2, 0.25) is 0 Å². The Bertz CT molecular complexity index is 619. The van der Waals surface area contributed by atoms with Gasteiger partial charge in [0.15, 0.2) is 11.6 Å². The van der Waals surface area contributed by atoms with Crippen LogP contribution < -0.4 is 15.8 Å². The van der Waals surface area contributed by atoms with E-state index in [1.165, 1.54) is 19.2 Å². The van der Waals surface area contributed by atoms with E-state index in [1.807, 2.05) is 0 Å². The molecule has 0 aliphatic carbocycles. The van der Waals surface area contributed by atoms with Gasteiger partial charge in [-0.25, -0.2) is 9.37 Å². The number of rotatable bonds is 4. The fraction of sp³-hybridized carbons (Fsp3) is 0.0769. The fourth-order valence-corrected chi connectivity index (χ4v) is 1.75. The first-order valence-electron chi connectivity index (χ1n) is 5.47. The summed E-state index contributed by atoms with van der Waals surface area (Å²) in [6, 6.07) is 8.00. The molecule has 2 aromatic rings. The number of aromatic nitrogens is 1. The molecule has 0 atom stereocenters. The topological polar surface area (TPSA) is 60.2 Å². The number of nitrogens with zero attached hydrogens (tertiary/aromatic N) is 1. The van der Waals surface area contributed by atoms with Crippen LogP contribution >= 0.6 is 12.2 Å². The lowest BCUT2D eigenvalue weighted by molar-refractivity contribution is 0.386. The van der Waals surface area contributed by atoms with Gasteiger partial charge in [-0.05, 0) is 24.3 Å². The van der Waals surface area contributed by atoms with Crippen molar-refractivity contribution in [2.45, 2.75) is 0 Å². The molecule has 98 valence electrons. The first kappa shape index (κ1) is 13.2. The third-order valence-electron chi connectivity index (χ3n) is 2.49. The summed E-state index contributed by atoms with van der Waals surface area (Å²) in [5, 5.41) is 2.97. The molecular formula is C13H12FN3OS. The first-order chi connectivity index (χ1) is 9.11. The SMILES string of the molecule is COc1ccc(Nc2ncccc2C(N)=S)cc1F. The minimum atomic E-state index is -0.458. The number of hydrogen-bond donors (Lipinski definition) is 2. The summed E-state index contributed by atoms with van der Waals surface area (Å²) >= 11 is 4.93. The summed E-state index contributed by atoms with van der Waals surface area (Å²) in [6.07, 6.45) is 1.60. The van der Waals surface area contributed by atoms with Crippen LogP contribution in [0.15, 0.2) is 36.5 Å². The molecule has 1 aromatic carbocycles. The van der Waals surface area contributed by atoms with Crippen molar-refractivity contribution in [2.24, 2.45) is 5.73 Å². The van der Waals surface area contributed by atoms with Crippen molar-refractivity contribution >= 4 is 28.7 Å². The molecule has 0 aliphatic heterocycles. The number of halogens is 1. The van der Waals surface area contributed by atoms with Gasteiger partial charge in [0.05, 0.1) is 12.7 Å². The van der Waals surface area contributed by atoms with Crippen molar-refractivity contribution < 1.29 is 9.13 Å². The van der Waals surface area contributed by atoms with Gasteiger partial charge < -0.3 is 15.8 Å².